The zero-order chi connectivity index (χ0) is 18.4. The molecule has 25 heavy (non-hydrogen) atoms. The highest BCUT2D eigenvalue weighted by molar-refractivity contribution is 7.85. The van der Waals surface area contributed by atoms with Crippen LogP contribution in [0.5, 0.6) is 0 Å². The van der Waals surface area contributed by atoms with Crippen molar-refractivity contribution < 1.29 is 18.5 Å². The van der Waals surface area contributed by atoms with E-state index in [1.807, 2.05) is 6.92 Å². The molecule has 0 spiro atoms. The summed E-state index contributed by atoms with van der Waals surface area (Å²) < 4.78 is 17.0. The maximum atomic E-state index is 12.2. The van der Waals surface area contributed by atoms with Crippen LogP contribution in [0.2, 0.25) is 5.02 Å². The van der Waals surface area contributed by atoms with Gasteiger partial charge in [-0.05, 0) is 36.8 Å². The van der Waals surface area contributed by atoms with Gasteiger partial charge in [-0.3, -0.25) is 9.00 Å². The molecule has 2 aromatic rings. The van der Waals surface area contributed by atoms with Gasteiger partial charge in [0.25, 0.3) is 5.91 Å². The molecule has 2 aromatic carbocycles. The topological polar surface area (TPSA) is 72.5 Å². The van der Waals surface area contributed by atoms with Gasteiger partial charge < -0.3 is 10.1 Å². The second-order valence-electron chi connectivity index (χ2n) is 5.21. The molecular weight excluding hydrogens is 362 g/mol. The Morgan fingerprint density at radius 3 is 2.64 bits per heavy atom. The van der Waals surface area contributed by atoms with Crippen molar-refractivity contribution in [2.75, 3.05) is 17.7 Å². The fourth-order valence-electron chi connectivity index (χ4n) is 2.11. The molecule has 2 rings (SSSR count). The van der Waals surface area contributed by atoms with Gasteiger partial charge in [0.1, 0.15) is 0 Å². The predicted molar refractivity (Wildman–Crippen MR) is 98.5 cm³/mol. The zero-order valence-electron chi connectivity index (χ0n) is 13.9. The van der Waals surface area contributed by atoms with Crippen molar-refractivity contribution in [2.24, 2.45) is 0 Å². The van der Waals surface area contributed by atoms with Gasteiger partial charge in [-0.2, -0.15) is 0 Å². The highest BCUT2D eigenvalue weighted by Crippen LogP contribution is 2.20. The first kappa shape index (κ1) is 19.1. The first-order valence-corrected chi connectivity index (χ1v) is 9.32. The van der Waals surface area contributed by atoms with E-state index >= 15 is 0 Å². The Hall–Kier alpha value is -2.18. The van der Waals surface area contributed by atoms with Crippen molar-refractivity contribution in [3.63, 3.8) is 0 Å². The van der Waals surface area contributed by atoms with Gasteiger partial charge in [0, 0.05) is 16.5 Å². The Kier molecular flexibility index (Phi) is 6.73. The maximum Gasteiger partial charge on any atom is 0.339 e. The van der Waals surface area contributed by atoms with Crippen molar-refractivity contribution >= 4 is 40.0 Å². The second-order valence-corrected chi connectivity index (χ2v) is 7.36. The third kappa shape index (κ3) is 5.14. The van der Waals surface area contributed by atoms with Crippen LogP contribution in [0.1, 0.15) is 22.8 Å². The molecule has 0 aliphatic heterocycles. The third-order valence-electron chi connectivity index (χ3n) is 3.42. The van der Waals surface area contributed by atoms with Gasteiger partial charge in [0.2, 0.25) is 0 Å². The van der Waals surface area contributed by atoms with E-state index in [0.717, 1.165) is 5.56 Å². The number of nitrogens with one attached hydrogen (secondary N) is 1. The van der Waals surface area contributed by atoms with Crippen molar-refractivity contribution in [3.05, 3.63) is 58.6 Å². The molecule has 0 fully saturated rings. The second kappa shape index (κ2) is 8.78. The number of benzene rings is 2. The van der Waals surface area contributed by atoms with Gasteiger partial charge in [-0.1, -0.05) is 36.7 Å². The number of carbonyl (C=O) groups is 2. The Morgan fingerprint density at radius 1 is 1.20 bits per heavy atom. The van der Waals surface area contributed by atoms with Crippen LogP contribution in [0.15, 0.2) is 47.4 Å². The molecule has 1 atom stereocenters. The summed E-state index contributed by atoms with van der Waals surface area (Å²) in [5.74, 6) is -0.776. The van der Waals surface area contributed by atoms with Crippen molar-refractivity contribution in [2.45, 2.75) is 18.7 Å². The predicted octanol–water partition coefficient (Wildman–Crippen LogP) is 3.57. The van der Waals surface area contributed by atoms with E-state index in [4.69, 9.17) is 16.3 Å². The number of halogens is 1. The summed E-state index contributed by atoms with van der Waals surface area (Å²) in [4.78, 5) is 24.6. The van der Waals surface area contributed by atoms with E-state index in [2.05, 4.69) is 5.32 Å². The number of hydrogen-bond acceptors (Lipinski definition) is 4. The summed E-state index contributed by atoms with van der Waals surface area (Å²) in [6.45, 7) is 3.14. The Balaban J connectivity index is 2.02. The average Bonchev–Trinajstić information content (AvgIpc) is 2.62. The van der Waals surface area contributed by atoms with Crippen molar-refractivity contribution in [1.29, 1.82) is 0 Å². The molecule has 0 radical (unpaired) electrons. The normalized spacial score (nSPS) is 11.6. The van der Waals surface area contributed by atoms with E-state index in [1.165, 1.54) is 6.07 Å². The van der Waals surface area contributed by atoms with Crippen LogP contribution >= 0.6 is 11.6 Å². The van der Waals surface area contributed by atoms with E-state index < -0.39 is 29.3 Å². The van der Waals surface area contributed by atoms with Gasteiger partial charge in [-0.25, -0.2) is 4.79 Å². The molecule has 0 heterocycles. The van der Waals surface area contributed by atoms with Crippen LogP contribution in [0.3, 0.4) is 0 Å². The molecule has 7 heteroatoms. The number of hydrogen-bond donors (Lipinski definition) is 1. The largest absolute Gasteiger partial charge is 0.452 e. The molecule has 0 aliphatic rings. The summed E-state index contributed by atoms with van der Waals surface area (Å²) in [6, 6.07) is 11.6. The number of ether oxygens (including phenoxy) is 1. The minimum Gasteiger partial charge on any atom is -0.452 e. The monoisotopic (exact) mass is 379 g/mol. The zero-order valence-corrected chi connectivity index (χ0v) is 15.4. The molecule has 0 bridgehead atoms. The van der Waals surface area contributed by atoms with Gasteiger partial charge in [0.15, 0.2) is 6.61 Å². The minimum absolute atomic E-state index is 0.203. The molecule has 5 nitrogen and oxygen atoms in total. The average molecular weight is 380 g/mol. The summed E-state index contributed by atoms with van der Waals surface area (Å²) in [7, 11) is -1.29. The summed E-state index contributed by atoms with van der Waals surface area (Å²) in [6.07, 6.45) is 0. The van der Waals surface area contributed by atoms with Gasteiger partial charge in [-0.15, -0.1) is 0 Å². The number of carbonyl (C=O) groups excluding carboxylic acids is 2. The molecule has 1 N–H and O–H groups in total. The van der Waals surface area contributed by atoms with Crippen LogP contribution in [0.25, 0.3) is 0 Å². The first-order valence-electron chi connectivity index (χ1n) is 7.63. The molecule has 0 saturated carbocycles. The highest BCUT2D eigenvalue weighted by Gasteiger charge is 2.17. The highest BCUT2D eigenvalue weighted by atomic mass is 35.5. The van der Waals surface area contributed by atoms with Crippen LogP contribution in [-0.2, 0) is 20.3 Å². The quantitative estimate of drug-likeness (QED) is 0.779. The van der Waals surface area contributed by atoms with Crippen LogP contribution in [0, 0.1) is 6.92 Å². The number of amides is 1. The van der Waals surface area contributed by atoms with Crippen LogP contribution in [0.4, 0.5) is 5.69 Å². The van der Waals surface area contributed by atoms with E-state index in [0.29, 0.717) is 21.4 Å². The SMILES string of the molecule is CC[S@](=O)c1ccccc1C(=O)OCC(=O)Nc1cc(Cl)ccc1C. The van der Waals surface area contributed by atoms with Gasteiger partial charge in [0.05, 0.1) is 21.3 Å². The maximum absolute atomic E-state index is 12.2. The number of aryl methyl sites for hydroxylation is 1. The minimum atomic E-state index is -1.29. The van der Waals surface area contributed by atoms with Crippen molar-refractivity contribution in [1.82, 2.24) is 0 Å². The lowest BCUT2D eigenvalue weighted by atomic mass is 10.2. The van der Waals surface area contributed by atoms with E-state index in [9.17, 15) is 13.8 Å². The lowest BCUT2D eigenvalue weighted by Crippen LogP contribution is -2.22. The molecular formula is C18H18ClNO4S. The number of anilines is 1. The summed E-state index contributed by atoms with van der Waals surface area (Å²) >= 11 is 5.90. The fourth-order valence-corrected chi connectivity index (χ4v) is 3.22. The standard InChI is InChI=1S/C18H18ClNO4S/c1-3-25(23)16-7-5-4-6-14(16)18(22)24-11-17(21)20-15-10-13(19)9-8-12(15)2/h4-10H,3,11H2,1-2H3,(H,20,21)/t25-/m0/s1. The molecule has 0 unspecified atom stereocenters. The Bertz CT molecular complexity index is 822. The van der Waals surface area contributed by atoms with Crippen LogP contribution in [-0.4, -0.2) is 28.4 Å². The smallest absolute Gasteiger partial charge is 0.339 e. The fraction of sp³-hybridized carbons (Fsp3) is 0.222. The van der Waals surface area contributed by atoms with E-state index in [-0.39, 0.29) is 5.56 Å². The summed E-state index contributed by atoms with van der Waals surface area (Å²) in [5.41, 5.74) is 1.60. The third-order valence-corrected chi connectivity index (χ3v) is 5.03. The number of esters is 1. The lowest BCUT2D eigenvalue weighted by Gasteiger charge is -2.10. The molecule has 132 valence electrons. The van der Waals surface area contributed by atoms with Crippen LogP contribution < -0.4 is 5.32 Å². The number of rotatable bonds is 6. The van der Waals surface area contributed by atoms with E-state index in [1.54, 1.807) is 43.3 Å². The molecule has 0 aromatic heterocycles. The van der Waals surface area contributed by atoms with Crippen molar-refractivity contribution in [3.8, 4) is 0 Å². The lowest BCUT2D eigenvalue weighted by molar-refractivity contribution is -0.119. The molecule has 0 aliphatic carbocycles. The van der Waals surface area contributed by atoms with Gasteiger partial charge >= 0.3 is 5.97 Å². The molecule has 0 saturated heterocycles. The Labute approximate surface area is 153 Å². The first-order chi connectivity index (χ1) is 11.9. The Morgan fingerprint density at radius 2 is 1.92 bits per heavy atom. The summed E-state index contributed by atoms with van der Waals surface area (Å²) in [5, 5.41) is 3.14. The molecule has 1 amide bonds.